The lowest BCUT2D eigenvalue weighted by molar-refractivity contribution is 0.232. The van der Waals surface area contributed by atoms with Crippen LogP contribution in [0.2, 0.25) is 0 Å². The van der Waals surface area contributed by atoms with E-state index < -0.39 is 0 Å². The fourth-order valence-electron chi connectivity index (χ4n) is 2.99. The molecule has 4 heteroatoms. The summed E-state index contributed by atoms with van der Waals surface area (Å²) in [4.78, 5) is 2.34. The van der Waals surface area contributed by atoms with Crippen LogP contribution in [-0.2, 0) is 6.54 Å². The first-order valence-corrected chi connectivity index (χ1v) is 7.71. The average molecular weight is 285 g/mol. The summed E-state index contributed by atoms with van der Waals surface area (Å²) in [6, 6.07) is 12.2. The predicted octanol–water partition coefficient (Wildman–Crippen LogP) is 2.77. The third-order valence-electron chi connectivity index (χ3n) is 4.02. The zero-order valence-corrected chi connectivity index (χ0v) is 12.6. The van der Waals surface area contributed by atoms with Crippen molar-refractivity contribution in [1.82, 2.24) is 15.4 Å². The van der Waals surface area contributed by atoms with E-state index in [4.69, 9.17) is 4.52 Å². The van der Waals surface area contributed by atoms with Crippen LogP contribution >= 0.6 is 0 Å². The molecule has 0 aliphatic carbocycles. The molecule has 4 nitrogen and oxygen atoms in total. The number of hydrogen-bond donors (Lipinski definition) is 1. The smallest absolute Gasteiger partial charge is 0.167 e. The van der Waals surface area contributed by atoms with Crippen LogP contribution in [0, 0.1) is 5.92 Å². The van der Waals surface area contributed by atoms with Crippen molar-refractivity contribution in [1.29, 1.82) is 0 Å². The van der Waals surface area contributed by atoms with Crippen molar-refractivity contribution in [2.75, 3.05) is 26.7 Å². The molecule has 2 aromatic rings. The van der Waals surface area contributed by atoms with Gasteiger partial charge < -0.3 is 14.7 Å². The number of benzene rings is 1. The van der Waals surface area contributed by atoms with Gasteiger partial charge in [-0.1, -0.05) is 35.5 Å². The van der Waals surface area contributed by atoms with Crippen LogP contribution < -0.4 is 5.32 Å². The van der Waals surface area contributed by atoms with Crippen LogP contribution in [-0.4, -0.2) is 36.7 Å². The van der Waals surface area contributed by atoms with Gasteiger partial charge in [0.2, 0.25) is 0 Å². The normalized spacial score (nSPS) is 19.0. The molecule has 1 aliphatic rings. The van der Waals surface area contributed by atoms with Crippen molar-refractivity contribution in [3.05, 3.63) is 42.1 Å². The maximum absolute atomic E-state index is 5.45. The molecule has 1 aromatic heterocycles. The van der Waals surface area contributed by atoms with Crippen molar-refractivity contribution >= 4 is 0 Å². The van der Waals surface area contributed by atoms with Gasteiger partial charge in [0.05, 0.1) is 5.69 Å². The Morgan fingerprint density at radius 2 is 2.19 bits per heavy atom. The zero-order valence-electron chi connectivity index (χ0n) is 12.6. The summed E-state index contributed by atoms with van der Waals surface area (Å²) >= 11 is 0. The summed E-state index contributed by atoms with van der Waals surface area (Å²) in [5.74, 6) is 1.60. The molecule has 2 heterocycles. The van der Waals surface area contributed by atoms with Gasteiger partial charge in [0, 0.05) is 24.7 Å². The third-order valence-corrected chi connectivity index (χ3v) is 4.02. The molecule has 1 aliphatic heterocycles. The Balaban J connectivity index is 1.56. The van der Waals surface area contributed by atoms with Gasteiger partial charge in [-0.15, -0.1) is 0 Å². The largest absolute Gasteiger partial charge is 0.356 e. The number of piperidine rings is 1. The summed E-state index contributed by atoms with van der Waals surface area (Å²) in [7, 11) is 2.16. The Morgan fingerprint density at radius 3 is 2.95 bits per heavy atom. The van der Waals surface area contributed by atoms with Gasteiger partial charge in [-0.05, 0) is 38.9 Å². The summed E-state index contributed by atoms with van der Waals surface area (Å²) in [5, 5.41) is 7.66. The van der Waals surface area contributed by atoms with Crippen molar-refractivity contribution < 1.29 is 4.52 Å². The van der Waals surface area contributed by atoms with Gasteiger partial charge >= 0.3 is 0 Å². The van der Waals surface area contributed by atoms with Gasteiger partial charge in [-0.2, -0.15) is 0 Å². The summed E-state index contributed by atoms with van der Waals surface area (Å²) in [5.41, 5.74) is 2.08. The molecule has 1 fully saturated rings. The van der Waals surface area contributed by atoms with E-state index in [1.807, 2.05) is 36.4 Å². The molecule has 21 heavy (non-hydrogen) atoms. The van der Waals surface area contributed by atoms with Crippen LogP contribution in [0.5, 0.6) is 0 Å². The van der Waals surface area contributed by atoms with E-state index in [2.05, 4.69) is 22.4 Å². The highest BCUT2D eigenvalue weighted by Gasteiger charge is 2.16. The molecule has 1 unspecified atom stereocenters. The standard InChI is InChI=1S/C17H23N3O/c1-20(12-14-6-5-9-18-11-14)13-16-10-17(21-19-16)15-7-3-2-4-8-15/h2-4,7-8,10,14,18H,5-6,9,11-13H2,1H3. The zero-order chi connectivity index (χ0) is 14.5. The van der Waals surface area contributed by atoms with Crippen molar-refractivity contribution in [3.8, 4) is 11.3 Å². The molecule has 1 atom stereocenters. The first-order valence-electron chi connectivity index (χ1n) is 7.71. The van der Waals surface area contributed by atoms with Crippen LogP contribution in [0.15, 0.2) is 40.9 Å². The molecule has 0 bridgehead atoms. The molecular formula is C17H23N3O. The van der Waals surface area contributed by atoms with E-state index >= 15 is 0 Å². The number of nitrogens with one attached hydrogen (secondary N) is 1. The molecule has 0 spiro atoms. The number of hydrogen-bond acceptors (Lipinski definition) is 4. The van der Waals surface area contributed by atoms with Crippen LogP contribution in [0.3, 0.4) is 0 Å². The molecule has 0 radical (unpaired) electrons. The first kappa shape index (κ1) is 14.3. The predicted molar refractivity (Wildman–Crippen MR) is 83.9 cm³/mol. The van der Waals surface area contributed by atoms with Crippen molar-refractivity contribution in [3.63, 3.8) is 0 Å². The number of aromatic nitrogens is 1. The molecule has 0 saturated carbocycles. The Kier molecular flexibility index (Phi) is 4.68. The van der Waals surface area contributed by atoms with E-state index in [0.717, 1.165) is 42.6 Å². The molecule has 1 aromatic carbocycles. The second-order valence-electron chi connectivity index (χ2n) is 5.96. The SMILES string of the molecule is CN(Cc1cc(-c2ccccc2)on1)CC1CCCNC1. The Bertz CT molecular complexity index is 546. The van der Waals surface area contributed by atoms with Crippen LogP contribution in [0.1, 0.15) is 18.5 Å². The monoisotopic (exact) mass is 285 g/mol. The summed E-state index contributed by atoms with van der Waals surface area (Å²) in [6.45, 7) is 4.26. The molecule has 1 saturated heterocycles. The Morgan fingerprint density at radius 1 is 1.33 bits per heavy atom. The number of rotatable bonds is 5. The van der Waals surface area contributed by atoms with E-state index in [-0.39, 0.29) is 0 Å². The molecule has 1 N–H and O–H groups in total. The second kappa shape index (κ2) is 6.87. The van der Waals surface area contributed by atoms with Gasteiger partial charge in [0.15, 0.2) is 5.76 Å². The highest BCUT2D eigenvalue weighted by molar-refractivity contribution is 5.56. The van der Waals surface area contributed by atoms with Gasteiger partial charge in [-0.3, -0.25) is 0 Å². The fourth-order valence-corrected chi connectivity index (χ4v) is 2.99. The second-order valence-corrected chi connectivity index (χ2v) is 5.96. The van der Waals surface area contributed by atoms with Gasteiger partial charge in [0.1, 0.15) is 0 Å². The Hall–Kier alpha value is -1.65. The number of nitrogens with zero attached hydrogens (tertiary/aromatic N) is 2. The van der Waals surface area contributed by atoms with E-state index in [0.29, 0.717) is 0 Å². The van der Waals surface area contributed by atoms with E-state index in [9.17, 15) is 0 Å². The average Bonchev–Trinajstić information content (AvgIpc) is 2.97. The van der Waals surface area contributed by atoms with Gasteiger partial charge in [-0.25, -0.2) is 0 Å². The van der Waals surface area contributed by atoms with E-state index in [1.54, 1.807) is 0 Å². The van der Waals surface area contributed by atoms with Crippen LogP contribution in [0.4, 0.5) is 0 Å². The third kappa shape index (κ3) is 3.93. The van der Waals surface area contributed by atoms with Crippen LogP contribution in [0.25, 0.3) is 11.3 Å². The van der Waals surface area contributed by atoms with Crippen molar-refractivity contribution in [2.45, 2.75) is 19.4 Å². The quantitative estimate of drug-likeness (QED) is 0.917. The summed E-state index contributed by atoms with van der Waals surface area (Å²) < 4.78 is 5.45. The highest BCUT2D eigenvalue weighted by Crippen LogP contribution is 2.20. The lowest BCUT2D eigenvalue weighted by Crippen LogP contribution is -2.36. The molecule has 112 valence electrons. The minimum Gasteiger partial charge on any atom is -0.356 e. The Labute approximate surface area is 126 Å². The van der Waals surface area contributed by atoms with E-state index in [1.165, 1.54) is 19.4 Å². The first-order chi connectivity index (χ1) is 10.3. The topological polar surface area (TPSA) is 41.3 Å². The maximum atomic E-state index is 5.45. The van der Waals surface area contributed by atoms with Crippen molar-refractivity contribution in [2.24, 2.45) is 5.92 Å². The molecule has 0 amide bonds. The minimum atomic E-state index is 0.754. The maximum Gasteiger partial charge on any atom is 0.167 e. The minimum absolute atomic E-state index is 0.754. The lowest BCUT2D eigenvalue weighted by Gasteiger charge is -2.27. The fraction of sp³-hybridized carbons (Fsp3) is 0.471. The molecular weight excluding hydrogens is 262 g/mol. The highest BCUT2D eigenvalue weighted by atomic mass is 16.5. The summed E-state index contributed by atoms with van der Waals surface area (Å²) in [6.07, 6.45) is 2.62. The lowest BCUT2D eigenvalue weighted by atomic mass is 9.99. The van der Waals surface area contributed by atoms with Gasteiger partial charge in [0.25, 0.3) is 0 Å². The molecule has 3 rings (SSSR count).